The van der Waals surface area contributed by atoms with Gasteiger partial charge in [0.05, 0.1) is 25.0 Å². The van der Waals surface area contributed by atoms with E-state index in [4.69, 9.17) is 9.47 Å². The molecule has 0 bridgehead atoms. The second kappa shape index (κ2) is 14.8. The van der Waals surface area contributed by atoms with E-state index in [1.165, 1.54) is 6.08 Å². The maximum atomic E-state index is 12.0. The SMILES string of the molecule is C/C=C/C(CCn1c2ccccc2c2cccc(-c3ccc(N(c4ccc(OC)cc4)c4ccc(OC)cc4)cc3)c21)S(=O)(=O)[O-].[Na+]. The second-order valence-corrected chi connectivity index (χ2v) is 12.6. The van der Waals surface area contributed by atoms with Crippen molar-refractivity contribution in [2.75, 3.05) is 19.1 Å². The number of nitrogens with zero attached hydrogens (tertiary/aromatic N) is 2. The molecular formula is C38H35N2NaO5S. The Hall–Kier alpha value is -4.05. The van der Waals surface area contributed by atoms with E-state index in [0.29, 0.717) is 6.54 Å². The van der Waals surface area contributed by atoms with Crippen molar-refractivity contribution >= 4 is 49.0 Å². The molecule has 0 aliphatic carbocycles. The number of hydrogen-bond donors (Lipinski definition) is 0. The summed E-state index contributed by atoms with van der Waals surface area (Å²) in [6.07, 6.45) is 3.28. The van der Waals surface area contributed by atoms with E-state index >= 15 is 0 Å². The zero-order valence-corrected chi connectivity index (χ0v) is 29.8. The molecule has 0 fully saturated rings. The molecule has 0 N–H and O–H groups in total. The van der Waals surface area contributed by atoms with Gasteiger partial charge in [0.25, 0.3) is 0 Å². The van der Waals surface area contributed by atoms with Crippen molar-refractivity contribution in [3.05, 3.63) is 127 Å². The molecule has 6 rings (SSSR count). The smallest absolute Gasteiger partial charge is 0.747 e. The van der Waals surface area contributed by atoms with E-state index in [9.17, 15) is 13.0 Å². The van der Waals surface area contributed by atoms with Gasteiger partial charge in [-0.15, -0.1) is 0 Å². The van der Waals surface area contributed by atoms with Gasteiger partial charge >= 0.3 is 29.6 Å². The van der Waals surface area contributed by atoms with Gasteiger partial charge in [0.1, 0.15) is 21.6 Å². The van der Waals surface area contributed by atoms with Crippen LogP contribution in [0, 0.1) is 0 Å². The number of allylic oxidation sites excluding steroid dienone is 1. The number of ether oxygens (including phenoxy) is 2. The summed E-state index contributed by atoms with van der Waals surface area (Å²) in [5, 5.41) is 1.05. The van der Waals surface area contributed by atoms with Crippen molar-refractivity contribution in [1.82, 2.24) is 4.57 Å². The first-order valence-corrected chi connectivity index (χ1v) is 16.6. The van der Waals surface area contributed by atoms with Crippen LogP contribution >= 0.6 is 0 Å². The van der Waals surface area contributed by atoms with Crippen LogP contribution in [0.5, 0.6) is 11.5 Å². The Kier molecular flexibility index (Phi) is 10.8. The summed E-state index contributed by atoms with van der Waals surface area (Å²) in [5.74, 6) is 1.56. The Morgan fingerprint density at radius 3 is 1.81 bits per heavy atom. The molecule has 1 heterocycles. The third kappa shape index (κ3) is 7.12. The average Bonchev–Trinajstić information content (AvgIpc) is 3.41. The van der Waals surface area contributed by atoms with Crippen molar-refractivity contribution in [1.29, 1.82) is 0 Å². The van der Waals surface area contributed by atoms with Gasteiger partial charge in [0.15, 0.2) is 0 Å². The molecule has 1 unspecified atom stereocenters. The van der Waals surface area contributed by atoms with Crippen LogP contribution in [-0.2, 0) is 16.7 Å². The van der Waals surface area contributed by atoms with E-state index in [1.807, 2.05) is 72.8 Å². The summed E-state index contributed by atoms with van der Waals surface area (Å²) < 4.78 is 49.0. The summed E-state index contributed by atoms with van der Waals surface area (Å²) in [6.45, 7) is 2.10. The summed E-state index contributed by atoms with van der Waals surface area (Å²) in [5.41, 5.74) is 6.96. The molecule has 0 saturated heterocycles. The molecular weight excluding hydrogens is 619 g/mol. The van der Waals surface area contributed by atoms with Gasteiger partial charge in [0, 0.05) is 45.5 Å². The largest absolute Gasteiger partial charge is 1.00 e. The number of aromatic nitrogens is 1. The third-order valence-corrected chi connectivity index (χ3v) is 9.44. The monoisotopic (exact) mass is 654 g/mol. The van der Waals surface area contributed by atoms with Crippen LogP contribution in [-0.4, -0.2) is 37.0 Å². The quantitative estimate of drug-likeness (QED) is 0.0994. The predicted octanol–water partition coefficient (Wildman–Crippen LogP) is 5.83. The van der Waals surface area contributed by atoms with E-state index in [0.717, 1.165) is 61.5 Å². The molecule has 1 aromatic heterocycles. The van der Waals surface area contributed by atoms with Crippen molar-refractivity contribution in [2.45, 2.75) is 25.1 Å². The Balaban J connectivity index is 0.00000433. The fraction of sp³-hybridized carbons (Fsp3) is 0.158. The number of fused-ring (bicyclic) bond motifs is 3. The van der Waals surface area contributed by atoms with Crippen LogP contribution in [0.3, 0.4) is 0 Å². The standard InChI is InChI=1S/C38H36N2O5S.Na/c1-4-8-33(46(41,42)43)25-26-39-37-12-6-5-9-35(37)36-11-7-10-34(38(36)39)27-13-15-28(16-14-27)40(29-17-21-31(44-2)22-18-29)30-19-23-32(45-3)24-20-30;/h4-24,33H,25-26H2,1-3H3,(H,41,42,43);/q;+1/p-1/b8-4+;. The van der Waals surface area contributed by atoms with E-state index in [1.54, 1.807) is 27.2 Å². The zero-order valence-electron chi connectivity index (χ0n) is 27.0. The molecule has 0 saturated carbocycles. The molecule has 9 heteroatoms. The van der Waals surface area contributed by atoms with Crippen LogP contribution in [0.2, 0.25) is 0 Å². The van der Waals surface area contributed by atoms with Crippen molar-refractivity contribution in [3.8, 4) is 22.6 Å². The van der Waals surface area contributed by atoms with Gasteiger partial charge in [-0.3, -0.25) is 0 Å². The van der Waals surface area contributed by atoms with Crippen LogP contribution in [0.25, 0.3) is 32.9 Å². The molecule has 1 atom stereocenters. The Morgan fingerprint density at radius 2 is 1.28 bits per heavy atom. The zero-order chi connectivity index (χ0) is 32.3. The Bertz CT molecular complexity index is 2060. The Morgan fingerprint density at radius 1 is 0.745 bits per heavy atom. The molecule has 0 aliphatic rings. The van der Waals surface area contributed by atoms with Gasteiger partial charge in [-0.2, -0.15) is 0 Å². The molecule has 0 aliphatic heterocycles. The minimum Gasteiger partial charge on any atom is -0.747 e. The number of methoxy groups -OCH3 is 2. The first kappa shape index (κ1) is 34.3. The normalized spacial score (nSPS) is 12.3. The second-order valence-electron chi connectivity index (χ2n) is 11.0. The van der Waals surface area contributed by atoms with E-state index in [-0.39, 0.29) is 36.0 Å². The first-order chi connectivity index (χ1) is 22.3. The first-order valence-electron chi connectivity index (χ1n) is 15.1. The number of aryl methyl sites for hydroxylation is 1. The van der Waals surface area contributed by atoms with E-state index < -0.39 is 15.4 Å². The fourth-order valence-corrected chi connectivity index (χ4v) is 6.83. The Labute approximate surface area is 298 Å². The number of para-hydroxylation sites is 2. The number of anilines is 3. The summed E-state index contributed by atoms with van der Waals surface area (Å²) >= 11 is 0. The summed E-state index contributed by atoms with van der Waals surface area (Å²) in [6, 6.07) is 38.6. The number of rotatable bonds is 11. The predicted molar refractivity (Wildman–Crippen MR) is 186 cm³/mol. The summed E-state index contributed by atoms with van der Waals surface area (Å²) in [7, 11) is -1.18. The van der Waals surface area contributed by atoms with Crippen LogP contribution < -0.4 is 43.9 Å². The maximum absolute atomic E-state index is 12.0. The van der Waals surface area contributed by atoms with Gasteiger partial charge in [-0.25, -0.2) is 8.42 Å². The minimum absolute atomic E-state index is 0. The molecule has 6 aromatic rings. The molecule has 0 radical (unpaired) electrons. The van der Waals surface area contributed by atoms with Gasteiger partial charge < -0.3 is 23.5 Å². The molecule has 234 valence electrons. The molecule has 5 aromatic carbocycles. The van der Waals surface area contributed by atoms with Crippen molar-refractivity contribution in [2.24, 2.45) is 0 Å². The minimum atomic E-state index is -4.48. The topological polar surface area (TPSA) is 83.8 Å². The van der Waals surface area contributed by atoms with E-state index in [2.05, 4.69) is 51.9 Å². The van der Waals surface area contributed by atoms with Gasteiger partial charge in [-0.05, 0) is 85.6 Å². The maximum Gasteiger partial charge on any atom is 1.00 e. The fourth-order valence-electron chi connectivity index (χ4n) is 6.08. The third-order valence-electron chi connectivity index (χ3n) is 8.30. The van der Waals surface area contributed by atoms with Crippen molar-refractivity contribution in [3.63, 3.8) is 0 Å². The number of benzene rings is 5. The average molecular weight is 655 g/mol. The summed E-state index contributed by atoms with van der Waals surface area (Å²) in [4.78, 5) is 2.17. The molecule has 47 heavy (non-hydrogen) atoms. The van der Waals surface area contributed by atoms with Gasteiger partial charge in [-0.1, -0.05) is 60.7 Å². The van der Waals surface area contributed by atoms with Crippen LogP contribution in [0.15, 0.2) is 127 Å². The number of hydrogen-bond acceptors (Lipinski definition) is 6. The molecule has 0 amide bonds. The van der Waals surface area contributed by atoms with Crippen molar-refractivity contribution < 1.29 is 52.0 Å². The molecule has 0 spiro atoms. The van der Waals surface area contributed by atoms with Crippen LogP contribution in [0.4, 0.5) is 17.1 Å². The van der Waals surface area contributed by atoms with Gasteiger partial charge in [0.2, 0.25) is 0 Å². The van der Waals surface area contributed by atoms with Crippen LogP contribution in [0.1, 0.15) is 13.3 Å². The molecule has 7 nitrogen and oxygen atoms in total.